The molecule has 118 valence electrons. The van der Waals surface area contributed by atoms with Gasteiger partial charge in [-0.25, -0.2) is 4.79 Å². The third-order valence-electron chi connectivity index (χ3n) is 2.68. The van der Waals surface area contributed by atoms with Crippen LogP contribution in [0.15, 0.2) is 48.5 Å². The molecule has 2 rings (SSSR count). The molecule has 0 fully saturated rings. The SMILES string of the molecule is [2H]c1ccc(OC(C)=O)c(C(=O)Oc2ccc(NC(C)=O)cc2)c1. The molecule has 6 heteroatoms. The van der Waals surface area contributed by atoms with E-state index in [1.165, 1.54) is 44.2 Å². The molecule has 0 aliphatic rings. The molecule has 0 spiro atoms. The van der Waals surface area contributed by atoms with E-state index in [9.17, 15) is 14.4 Å². The lowest BCUT2D eigenvalue weighted by molar-refractivity contribution is -0.131. The number of benzene rings is 2. The van der Waals surface area contributed by atoms with Crippen molar-refractivity contribution < 1.29 is 25.2 Å². The van der Waals surface area contributed by atoms with Crippen molar-refractivity contribution in [3.8, 4) is 11.5 Å². The van der Waals surface area contributed by atoms with Gasteiger partial charge in [-0.1, -0.05) is 12.1 Å². The molecule has 0 aliphatic carbocycles. The fourth-order valence-corrected chi connectivity index (χ4v) is 1.79. The molecule has 23 heavy (non-hydrogen) atoms. The Hall–Kier alpha value is -3.15. The number of rotatable bonds is 4. The number of hydrogen-bond donors (Lipinski definition) is 1. The summed E-state index contributed by atoms with van der Waals surface area (Å²) in [6, 6.07) is 10.3. The van der Waals surface area contributed by atoms with Crippen molar-refractivity contribution in [2.24, 2.45) is 0 Å². The van der Waals surface area contributed by atoms with E-state index in [1.54, 1.807) is 12.1 Å². The van der Waals surface area contributed by atoms with Gasteiger partial charge >= 0.3 is 11.9 Å². The fourth-order valence-electron chi connectivity index (χ4n) is 1.79. The fraction of sp³-hybridized carbons (Fsp3) is 0.118. The zero-order chi connectivity index (χ0) is 17.7. The van der Waals surface area contributed by atoms with Crippen LogP contribution in [-0.2, 0) is 9.59 Å². The first-order valence-electron chi connectivity index (χ1n) is 7.24. The summed E-state index contributed by atoms with van der Waals surface area (Å²) in [6.45, 7) is 2.60. The van der Waals surface area contributed by atoms with Crippen molar-refractivity contribution in [2.75, 3.05) is 5.32 Å². The van der Waals surface area contributed by atoms with Gasteiger partial charge in [0.1, 0.15) is 17.1 Å². The van der Waals surface area contributed by atoms with E-state index in [0.29, 0.717) is 5.69 Å². The summed E-state index contributed by atoms with van der Waals surface area (Å²) in [6.07, 6.45) is 0. The minimum Gasteiger partial charge on any atom is -0.426 e. The number of carbonyl (C=O) groups excluding carboxylic acids is 3. The highest BCUT2D eigenvalue weighted by Gasteiger charge is 2.15. The second-order valence-corrected chi connectivity index (χ2v) is 4.61. The smallest absolute Gasteiger partial charge is 0.347 e. The van der Waals surface area contributed by atoms with Gasteiger partial charge in [0, 0.05) is 19.5 Å². The van der Waals surface area contributed by atoms with Gasteiger partial charge in [-0.05, 0) is 36.4 Å². The van der Waals surface area contributed by atoms with Crippen LogP contribution in [0.2, 0.25) is 0 Å². The largest absolute Gasteiger partial charge is 0.426 e. The van der Waals surface area contributed by atoms with Crippen molar-refractivity contribution in [1.29, 1.82) is 0 Å². The number of anilines is 1. The van der Waals surface area contributed by atoms with Gasteiger partial charge in [-0.15, -0.1) is 0 Å². The molecule has 1 N–H and O–H groups in total. The predicted octanol–water partition coefficient (Wildman–Crippen LogP) is 2.79. The molecule has 0 saturated carbocycles. The van der Waals surface area contributed by atoms with Crippen LogP contribution in [0.4, 0.5) is 5.69 Å². The molecule has 0 saturated heterocycles. The predicted molar refractivity (Wildman–Crippen MR) is 83.5 cm³/mol. The number of carbonyl (C=O) groups is 3. The summed E-state index contributed by atoms with van der Waals surface area (Å²) in [7, 11) is 0. The maximum absolute atomic E-state index is 12.3. The lowest BCUT2D eigenvalue weighted by atomic mass is 10.2. The molecule has 0 heterocycles. The summed E-state index contributed by atoms with van der Waals surface area (Å²) in [4.78, 5) is 34.3. The number of nitrogens with one attached hydrogen (secondary N) is 1. The van der Waals surface area contributed by atoms with Crippen molar-refractivity contribution in [2.45, 2.75) is 13.8 Å². The van der Waals surface area contributed by atoms with E-state index >= 15 is 0 Å². The van der Waals surface area contributed by atoms with Gasteiger partial charge in [0.05, 0.1) is 1.37 Å². The van der Waals surface area contributed by atoms with Gasteiger partial charge in [-0.3, -0.25) is 9.59 Å². The molecular weight excluding hydrogens is 298 g/mol. The topological polar surface area (TPSA) is 81.7 Å². The van der Waals surface area contributed by atoms with E-state index in [1.807, 2.05) is 0 Å². The zero-order valence-corrected chi connectivity index (χ0v) is 12.6. The molecule has 2 aromatic rings. The van der Waals surface area contributed by atoms with Gasteiger partial charge < -0.3 is 14.8 Å². The molecule has 1 amide bonds. The Morgan fingerprint density at radius 2 is 1.70 bits per heavy atom. The minimum atomic E-state index is -0.757. The maximum atomic E-state index is 12.3. The first-order chi connectivity index (χ1) is 11.3. The van der Waals surface area contributed by atoms with Crippen LogP contribution < -0.4 is 14.8 Å². The molecule has 0 radical (unpaired) electrons. The highest BCUT2D eigenvalue weighted by atomic mass is 16.5. The Kier molecular flexibility index (Phi) is 4.63. The molecule has 2 aromatic carbocycles. The summed E-state index contributed by atoms with van der Waals surface area (Å²) in [5, 5.41) is 2.59. The second-order valence-electron chi connectivity index (χ2n) is 4.61. The lowest BCUT2D eigenvalue weighted by Crippen LogP contribution is -2.12. The van der Waals surface area contributed by atoms with Gasteiger partial charge in [0.15, 0.2) is 0 Å². The van der Waals surface area contributed by atoms with E-state index in [4.69, 9.17) is 10.8 Å². The maximum Gasteiger partial charge on any atom is 0.347 e. The van der Waals surface area contributed by atoms with E-state index in [0.717, 1.165) is 0 Å². The number of esters is 2. The number of ether oxygens (including phenoxy) is 2. The van der Waals surface area contributed by atoms with Gasteiger partial charge in [0.2, 0.25) is 5.91 Å². The highest BCUT2D eigenvalue weighted by Crippen LogP contribution is 2.22. The van der Waals surface area contributed by atoms with E-state index in [-0.39, 0.29) is 29.0 Å². The van der Waals surface area contributed by atoms with E-state index < -0.39 is 11.9 Å². The van der Waals surface area contributed by atoms with Gasteiger partial charge in [-0.2, -0.15) is 0 Å². The summed E-state index contributed by atoms with van der Waals surface area (Å²) < 4.78 is 17.8. The minimum absolute atomic E-state index is 0.0244. The van der Waals surface area contributed by atoms with Crippen molar-refractivity contribution in [3.63, 3.8) is 0 Å². The molecule has 0 aliphatic heterocycles. The number of amides is 1. The van der Waals surface area contributed by atoms with Crippen molar-refractivity contribution >= 4 is 23.5 Å². The van der Waals surface area contributed by atoms with Crippen LogP contribution in [0.1, 0.15) is 25.6 Å². The van der Waals surface area contributed by atoms with Crippen LogP contribution in [0, 0.1) is 0 Å². The Labute approximate surface area is 134 Å². The summed E-state index contributed by atoms with van der Waals surface area (Å²) in [5.41, 5.74) is 0.541. The van der Waals surface area contributed by atoms with Crippen LogP contribution in [-0.4, -0.2) is 17.8 Å². The van der Waals surface area contributed by atoms with Crippen molar-refractivity contribution in [1.82, 2.24) is 0 Å². The quantitative estimate of drug-likeness (QED) is 0.693. The highest BCUT2D eigenvalue weighted by molar-refractivity contribution is 5.95. The summed E-state index contributed by atoms with van der Waals surface area (Å²) >= 11 is 0. The first kappa shape index (κ1) is 14.8. The molecular formula is C17H15NO5. The van der Waals surface area contributed by atoms with Crippen LogP contribution in [0.5, 0.6) is 11.5 Å². The van der Waals surface area contributed by atoms with Crippen LogP contribution >= 0.6 is 0 Å². The van der Waals surface area contributed by atoms with Crippen molar-refractivity contribution in [3.05, 3.63) is 54.1 Å². The first-order valence-corrected chi connectivity index (χ1v) is 6.74. The monoisotopic (exact) mass is 314 g/mol. The number of para-hydroxylation sites is 1. The molecule has 0 aromatic heterocycles. The summed E-state index contributed by atoms with van der Waals surface area (Å²) in [5.74, 6) is -1.27. The molecule has 0 atom stereocenters. The standard InChI is InChI=1S/C17H15NO5/c1-11(19)18-13-7-9-14(10-8-13)23-17(21)15-5-3-4-6-16(15)22-12(2)20/h3-10H,1-2H3,(H,18,19)/i3D. The van der Waals surface area contributed by atoms with Gasteiger partial charge in [0.25, 0.3) is 0 Å². The molecule has 6 nitrogen and oxygen atoms in total. The average molecular weight is 314 g/mol. The Bertz CT molecular complexity index is 786. The zero-order valence-electron chi connectivity index (χ0n) is 13.6. The Morgan fingerprint density at radius 1 is 1.00 bits per heavy atom. The molecule has 0 unspecified atom stereocenters. The number of hydrogen-bond acceptors (Lipinski definition) is 5. The van der Waals surface area contributed by atoms with Crippen LogP contribution in [0.25, 0.3) is 0 Å². The Balaban J connectivity index is 2.18. The lowest BCUT2D eigenvalue weighted by Gasteiger charge is -2.09. The second kappa shape index (κ2) is 7.22. The molecule has 0 bridgehead atoms. The van der Waals surface area contributed by atoms with E-state index in [2.05, 4.69) is 5.32 Å². The average Bonchev–Trinajstić information content (AvgIpc) is 2.50. The Morgan fingerprint density at radius 3 is 2.30 bits per heavy atom. The third-order valence-corrected chi connectivity index (χ3v) is 2.68. The third kappa shape index (κ3) is 4.67. The van der Waals surface area contributed by atoms with Crippen LogP contribution in [0.3, 0.4) is 0 Å². The normalized spacial score (nSPS) is 10.4.